The van der Waals surface area contributed by atoms with E-state index in [1.54, 1.807) is 0 Å². The van der Waals surface area contributed by atoms with Crippen molar-refractivity contribution in [2.45, 2.75) is 33.7 Å². The van der Waals surface area contributed by atoms with Crippen LogP contribution in [0, 0.1) is 32.4 Å². The predicted molar refractivity (Wildman–Crippen MR) is 113 cm³/mol. The number of hydrogen-bond acceptors (Lipinski definition) is 3. The van der Waals surface area contributed by atoms with Crippen LogP contribution in [0.2, 0.25) is 0 Å². The first-order valence-electron chi connectivity index (χ1n) is 10.0. The number of nitrogens with zero attached hydrogens (tertiary/aromatic N) is 2. The fourth-order valence-corrected chi connectivity index (χ4v) is 3.94. The zero-order valence-electron chi connectivity index (χ0n) is 17.8. The molecule has 30 heavy (non-hydrogen) atoms. The average molecular weight is 415 g/mol. The SMILES string of the molecule is Cc1cc(C)c(NC(=O)C(C)N2CCN(C(=O)c3c(F)cccc3F)CC2)c(C)c1. The molecule has 1 N–H and O–H groups in total. The van der Waals surface area contributed by atoms with Gasteiger partial charge < -0.3 is 10.2 Å². The van der Waals surface area contributed by atoms with Gasteiger partial charge in [0.2, 0.25) is 5.91 Å². The highest BCUT2D eigenvalue weighted by atomic mass is 19.1. The summed E-state index contributed by atoms with van der Waals surface area (Å²) in [5, 5.41) is 3.02. The van der Waals surface area contributed by atoms with E-state index in [2.05, 4.69) is 5.32 Å². The largest absolute Gasteiger partial charge is 0.336 e. The Morgan fingerprint density at radius 2 is 1.50 bits per heavy atom. The Hall–Kier alpha value is -2.80. The lowest BCUT2D eigenvalue weighted by Gasteiger charge is -2.37. The van der Waals surface area contributed by atoms with Crippen molar-refractivity contribution in [2.75, 3.05) is 31.5 Å². The number of halogens is 2. The molecule has 1 heterocycles. The zero-order chi connectivity index (χ0) is 22.0. The number of benzene rings is 2. The van der Waals surface area contributed by atoms with Crippen molar-refractivity contribution >= 4 is 17.5 Å². The van der Waals surface area contributed by atoms with Gasteiger partial charge in [0.15, 0.2) is 0 Å². The van der Waals surface area contributed by atoms with Gasteiger partial charge in [-0.3, -0.25) is 14.5 Å². The summed E-state index contributed by atoms with van der Waals surface area (Å²) in [4.78, 5) is 28.7. The molecule has 0 bridgehead atoms. The van der Waals surface area contributed by atoms with Crippen LogP contribution in [0.25, 0.3) is 0 Å². The van der Waals surface area contributed by atoms with Gasteiger partial charge in [-0.05, 0) is 51.0 Å². The summed E-state index contributed by atoms with van der Waals surface area (Å²) >= 11 is 0. The lowest BCUT2D eigenvalue weighted by molar-refractivity contribution is -0.121. The Kier molecular flexibility index (Phi) is 6.51. The van der Waals surface area contributed by atoms with E-state index in [-0.39, 0.29) is 5.91 Å². The molecular weight excluding hydrogens is 388 g/mol. The van der Waals surface area contributed by atoms with E-state index in [4.69, 9.17) is 0 Å². The van der Waals surface area contributed by atoms with E-state index in [0.29, 0.717) is 26.2 Å². The Balaban J connectivity index is 1.62. The predicted octanol–water partition coefficient (Wildman–Crippen LogP) is 3.68. The average Bonchev–Trinajstić information content (AvgIpc) is 2.69. The topological polar surface area (TPSA) is 52.7 Å². The van der Waals surface area contributed by atoms with Gasteiger partial charge in [0.25, 0.3) is 5.91 Å². The van der Waals surface area contributed by atoms with Crippen molar-refractivity contribution in [2.24, 2.45) is 0 Å². The van der Waals surface area contributed by atoms with Gasteiger partial charge in [-0.25, -0.2) is 8.78 Å². The maximum atomic E-state index is 13.9. The molecule has 2 amide bonds. The molecule has 1 fully saturated rings. The number of carbonyl (C=O) groups excluding carboxylic acids is 2. The molecular formula is C23H27F2N3O2. The van der Waals surface area contributed by atoms with Crippen LogP contribution in [0.1, 0.15) is 34.0 Å². The van der Waals surface area contributed by atoms with E-state index in [0.717, 1.165) is 34.5 Å². The number of rotatable bonds is 4. The van der Waals surface area contributed by atoms with Crippen LogP contribution in [0.3, 0.4) is 0 Å². The third-order valence-electron chi connectivity index (χ3n) is 5.63. The molecule has 1 aliphatic heterocycles. The molecule has 0 aromatic heterocycles. The molecule has 0 radical (unpaired) electrons. The number of amides is 2. The second-order valence-electron chi connectivity index (χ2n) is 7.86. The Morgan fingerprint density at radius 3 is 2.03 bits per heavy atom. The van der Waals surface area contributed by atoms with Crippen molar-refractivity contribution in [3.63, 3.8) is 0 Å². The van der Waals surface area contributed by atoms with Gasteiger partial charge >= 0.3 is 0 Å². The van der Waals surface area contributed by atoms with Gasteiger partial charge in [0.05, 0.1) is 6.04 Å². The minimum atomic E-state index is -0.862. The van der Waals surface area contributed by atoms with Crippen LogP contribution < -0.4 is 5.32 Å². The van der Waals surface area contributed by atoms with E-state index in [1.807, 2.05) is 44.7 Å². The van der Waals surface area contributed by atoms with Crippen molar-refractivity contribution in [3.8, 4) is 0 Å². The second-order valence-corrected chi connectivity index (χ2v) is 7.86. The number of aryl methyl sites for hydroxylation is 3. The normalized spacial score (nSPS) is 15.7. The Bertz CT molecular complexity index is 926. The molecule has 0 saturated carbocycles. The Labute approximate surface area is 175 Å². The van der Waals surface area contributed by atoms with Crippen LogP contribution in [0.5, 0.6) is 0 Å². The van der Waals surface area contributed by atoms with Crippen LogP contribution >= 0.6 is 0 Å². The molecule has 0 aliphatic carbocycles. The third-order valence-corrected chi connectivity index (χ3v) is 5.63. The number of nitrogens with one attached hydrogen (secondary N) is 1. The fourth-order valence-electron chi connectivity index (χ4n) is 3.94. The number of hydrogen-bond donors (Lipinski definition) is 1. The first-order chi connectivity index (χ1) is 14.2. The molecule has 2 aromatic carbocycles. The fraction of sp³-hybridized carbons (Fsp3) is 0.391. The molecule has 7 heteroatoms. The van der Waals surface area contributed by atoms with Crippen LogP contribution in [0.4, 0.5) is 14.5 Å². The van der Waals surface area contributed by atoms with E-state index < -0.39 is 29.1 Å². The maximum absolute atomic E-state index is 13.9. The second kappa shape index (κ2) is 8.92. The van der Waals surface area contributed by atoms with E-state index >= 15 is 0 Å². The van der Waals surface area contributed by atoms with Gasteiger partial charge in [0.1, 0.15) is 17.2 Å². The maximum Gasteiger partial charge on any atom is 0.259 e. The summed E-state index contributed by atoms with van der Waals surface area (Å²) in [7, 11) is 0. The number of anilines is 1. The summed E-state index contributed by atoms with van der Waals surface area (Å²) < 4.78 is 27.8. The quantitative estimate of drug-likeness (QED) is 0.829. The van der Waals surface area contributed by atoms with Gasteiger partial charge in [-0.1, -0.05) is 23.8 Å². The zero-order valence-corrected chi connectivity index (χ0v) is 17.8. The lowest BCUT2D eigenvalue weighted by atomic mass is 10.0. The summed E-state index contributed by atoms with van der Waals surface area (Å²) in [6.45, 7) is 9.26. The smallest absolute Gasteiger partial charge is 0.259 e. The highest BCUT2D eigenvalue weighted by molar-refractivity contribution is 5.96. The van der Waals surface area contributed by atoms with Crippen LogP contribution in [-0.2, 0) is 4.79 Å². The highest BCUT2D eigenvalue weighted by Crippen LogP contribution is 2.23. The first-order valence-corrected chi connectivity index (χ1v) is 10.0. The molecule has 2 aromatic rings. The lowest BCUT2D eigenvalue weighted by Crippen LogP contribution is -2.54. The van der Waals surface area contributed by atoms with Gasteiger partial charge in [0, 0.05) is 31.9 Å². The van der Waals surface area contributed by atoms with Crippen molar-refractivity contribution < 1.29 is 18.4 Å². The van der Waals surface area contributed by atoms with Gasteiger partial charge in [-0.15, -0.1) is 0 Å². The van der Waals surface area contributed by atoms with E-state index in [1.165, 1.54) is 11.0 Å². The minimum absolute atomic E-state index is 0.120. The summed E-state index contributed by atoms with van der Waals surface area (Å²) in [6, 6.07) is 7.05. The summed E-state index contributed by atoms with van der Waals surface area (Å²) in [5.41, 5.74) is 3.46. The first kappa shape index (κ1) is 21.9. The van der Waals surface area contributed by atoms with Crippen LogP contribution in [-0.4, -0.2) is 53.8 Å². The van der Waals surface area contributed by atoms with E-state index in [9.17, 15) is 18.4 Å². The highest BCUT2D eigenvalue weighted by Gasteiger charge is 2.30. The summed E-state index contributed by atoms with van der Waals surface area (Å²) in [6.07, 6.45) is 0. The minimum Gasteiger partial charge on any atom is -0.336 e. The standard InChI is InChI=1S/C23H27F2N3O2/c1-14-12-15(2)21(16(3)13-14)26-22(29)17(4)27-8-10-28(11-9-27)23(30)20-18(24)6-5-7-19(20)25/h5-7,12-13,17H,8-11H2,1-4H3,(H,26,29). The monoisotopic (exact) mass is 415 g/mol. The molecule has 0 spiro atoms. The molecule has 5 nitrogen and oxygen atoms in total. The molecule has 160 valence electrons. The molecule has 3 rings (SSSR count). The molecule has 1 atom stereocenters. The van der Waals surface area contributed by atoms with Crippen LogP contribution in [0.15, 0.2) is 30.3 Å². The summed E-state index contributed by atoms with van der Waals surface area (Å²) in [5.74, 6) is -2.50. The number of carbonyl (C=O) groups is 2. The third kappa shape index (κ3) is 4.51. The Morgan fingerprint density at radius 1 is 0.967 bits per heavy atom. The number of piperazine rings is 1. The molecule has 1 unspecified atom stereocenters. The van der Waals surface area contributed by atoms with Crippen molar-refractivity contribution in [3.05, 3.63) is 64.2 Å². The molecule has 1 saturated heterocycles. The van der Waals surface area contributed by atoms with Crippen molar-refractivity contribution in [1.29, 1.82) is 0 Å². The van der Waals surface area contributed by atoms with Gasteiger partial charge in [-0.2, -0.15) is 0 Å². The van der Waals surface area contributed by atoms with Crippen molar-refractivity contribution in [1.82, 2.24) is 9.80 Å². The molecule has 1 aliphatic rings.